The number of pyridine rings is 1. The third kappa shape index (κ3) is 5.09. The lowest BCUT2D eigenvalue weighted by Crippen LogP contribution is -2.45. The predicted octanol–water partition coefficient (Wildman–Crippen LogP) is 6.49. The van der Waals surface area contributed by atoms with Crippen molar-refractivity contribution in [3.05, 3.63) is 77.3 Å². The van der Waals surface area contributed by atoms with Crippen LogP contribution in [0.4, 0.5) is 4.39 Å². The number of aliphatic imine (C=N–C) groups is 1. The number of quaternary nitrogens is 1. The Morgan fingerprint density at radius 2 is 1.97 bits per heavy atom. The molecule has 3 atom stereocenters. The summed E-state index contributed by atoms with van der Waals surface area (Å²) >= 11 is 0. The summed E-state index contributed by atoms with van der Waals surface area (Å²) in [6.45, 7) is 3.86. The minimum Gasteiger partial charge on any atom is -0.317 e. The van der Waals surface area contributed by atoms with E-state index in [2.05, 4.69) is 74.0 Å². The lowest BCUT2D eigenvalue weighted by atomic mass is 9.90. The van der Waals surface area contributed by atoms with Crippen molar-refractivity contribution < 1.29 is 8.87 Å². The number of likely N-dealkylation sites (N-methyl/N-ethyl adjacent to an activating group) is 1. The van der Waals surface area contributed by atoms with Gasteiger partial charge in [0.2, 0.25) is 0 Å². The van der Waals surface area contributed by atoms with Gasteiger partial charge in [0, 0.05) is 24.1 Å². The van der Waals surface area contributed by atoms with E-state index in [4.69, 9.17) is 9.98 Å². The first kappa shape index (κ1) is 25.0. The van der Waals surface area contributed by atoms with Crippen molar-refractivity contribution in [3.8, 4) is 0 Å². The topological polar surface area (TPSA) is 37.3 Å². The van der Waals surface area contributed by atoms with Gasteiger partial charge in [0.1, 0.15) is 23.8 Å². The highest BCUT2D eigenvalue weighted by Crippen LogP contribution is 2.41. The average molecular weight is 488 g/mol. The van der Waals surface area contributed by atoms with E-state index in [1.807, 2.05) is 7.05 Å². The molecule has 190 valence electrons. The maximum Gasteiger partial charge on any atom is 0.258 e. The van der Waals surface area contributed by atoms with Crippen LogP contribution in [0.2, 0.25) is 0 Å². The number of allylic oxidation sites excluding steroid dienone is 4. The normalized spacial score (nSPS) is 28.4. The molecule has 1 aliphatic carbocycles. The van der Waals surface area contributed by atoms with E-state index in [1.165, 1.54) is 24.1 Å². The number of para-hydroxylation sites is 1. The van der Waals surface area contributed by atoms with Crippen LogP contribution in [0.25, 0.3) is 10.9 Å². The number of halogens is 1. The van der Waals surface area contributed by atoms with E-state index in [0.717, 1.165) is 66.8 Å². The predicted molar refractivity (Wildman–Crippen MR) is 148 cm³/mol. The molecule has 1 aromatic heterocycles. The van der Waals surface area contributed by atoms with Crippen molar-refractivity contribution in [2.45, 2.75) is 58.0 Å². The molecule has 0 spiro atoms. The van der Waals surface area contributed by atoms with Gasteiger partial charge in [-0.3, -0.25) is 0 Å². The van der Waals surface area contributed by atoms with E-state index < -0.39 is 6.17 Å². The number of hydrogen-bond donors (Lipinski definition) is 1. The number of rotatable bonds is 6. The monoisotopic (exact) mass is 487 g/mol. The molecule has 4 nitrogen and oxygen atoms in total. The number of fused-ring (bicyclic) bond motifs is 1. The van der Waals surface area contributed by atoms with Gasteiger partial charge in [-0.05, 0) is 87.2 Å². The number of aromatic nitrogens is 1. The van der Waals surface area contributed by atoms with Crippen molar-refractivity contribution in [1.82, 2.24) is 10.3 Å². The first-order valence-corrected chi connectivity index (χ1v) is 13.7. The molecule has 5 rings (SSSR count). The van der Waals surface area contributed by atoms with Crippen LogP contribution in [0.3, 0.4) is 0 Å². The summed E-state index contributed by atoms with van der Waals surface area (Å²) in [4.78, 5) is 10.1. The average Bonchev–Trinajstić information content (AvgIpc) is 3.74. The van der Waals surface area contributed by atoms with Gasteiger partial charge in [0.15, 0.2) is 0 Å². The fraction of sp³-hybridized carbons (Fsp3) is 0.484. The molecule has 3 aliphatic rings. The van der Waals surface area contributed by atoms with Crippen molar-refractivity contribution in [2.75, 3.05) is 27.2 Å². The molecule has 2 aliphatic heterocycles. The van der Waals surface area contributed by atoms with Gasteiger partial charge in [-0.25, -0.2) is 18.8 Å². The molecule has 3 heterocycles. The molecular weight excluding hydrogens is 447 g/mol. The molecule has 1 N–H and O–H groups in total. The van der Waals surface area contributed by atoms with Crippen LogP contribution in [-0.4, -0.2) is 48.7 Å². The van der Waals surface area contributed by atoms with Crippen molar-refractivity contribution >= 4 is 16.7 Å². The SMILES string of the molecule is CCCC=C1C=CC(C2CC2)=C[N+]1(C)C(=NC)c1ccc2cccc(CC3CCNCCC3F)c2n1. The van der Waals surface area contributed by atoms with Gasteiger partial charge in [0.05, 0.1) is 12.6 Å². The highest BCUT2D eigenvalue weighted by Gasteiger charge is 2.39. The van der Waals surface area contributed by atoms with Crippen LogP contribution >= 0.6 is 0 Å². The second kappa shape index (κ2) is 10.8. The lowest BCUT2D eigenvalue weighted by molar-refractivity contribution is -0.720. The second-order valence-electron chi connectivity index (χ2n) is 10.8. The number of alkyl halides is 1. The molecule has 1 saturated carbocycles. The highest BCUT2D eigenvalue weighted by molar-refractivity contribution is 5.96. The Hall–Kier alpha value is -2.63. The summed E-state index contributed by atoms with van der Waals surface area (Å²) in [7, 11) is 4.11. The van der Waals surface area contributed by atoms with Crippen molar-refractivity contribution in [2.24, 2.45) is 16.8 Å². The fourth-order valence-electron chi connectivity index (χ4n) is 5.78. The van der Waals surface area contributed by atoms with Crippen molar-refractivity contribution in [1.29, 1.82) is 0 Å². The Morgan fingerprint density at radius 3 is 2.75 bits per heavy atom. The summed E-state index contributed by atoms with van der Waals surface area (Å²) in [6, 6.07) is 10.6. The van der Waals surface area contributed by atoms with Crippen LogP contribution < -0.4 is 5.32 Å². The van der Waals surface area contributed by atoms with E-state index in [-0.39, 0.29) is 5.92 Å². The Bertz CT molecular complexity index is 1220. The summed E-state index contributed by atoms with van der Waals surface area (Å²) < 4.78 is 15.4. The van der Waals surface area contributed by atoms with Crippen LogP contribution in [-0.2, 0) is 6.42 Å². The van der Waals surface area contributed by atoms with Gasteiger partial charge in [-0.15, -0.1) is 0 Å². The van der Waals surface area contributed by atoms with Crippen LogP contribution in [0.15, 0.2) is 71.0 Å². The Kier molecular flexibility index (Phi) is 7.49. The molecule has 0 amide bonds. The third-order valence-corrected chi connectivity index (χ3v) is 8.05. The second-order valence-corrected chi connectivity index (χ2v) is 10.8. The fourth-order valence-corrected chi connectivity index (χ4v) is 5.78. The number of unbranched alkanes of at least 4 members (excludes halogenated alkanes) is 1. The molecule has 2 fully saturated rings. The number of nitrogens with one attached hydrogen (secondary N) is 1. The number of benzene rings is 1. The number of nitrogens with zero attached hydrogens (tertiary/aromatic N) is 3. The first-order valence-electron chi connectivity index (χ1n) is 13.7. The van der Waals surface area contributed by atoms with E-state index in [9.17, 15) is 4.39 Å². The van der Waals surface area contributed by atoms with Gasteiger partial charge in [-0.2, -0.15) is 0 Å². The van der Waals surface area contributed by atoms with E-state index >= 15 is 0 Å². The molecule has 1 aromatic carbocycles. The first-order chi connectivity index (χ1) is 17.5. The lowest BCUT2D eigenvalue weighted by Gasteiger charge is -2.34. The third-order valence-electron chi connectivity index (χ3n) is 8.05. The summed E-state index contributed by atoms with van der Waals surface area (Å²) in [5.74, 6) is 1.64. The Labute approximate surface area is 215 Å². The zero-order chi connectivity index (χ0) is 25.1. The van der Waals surface area contributed by atoms with Gasteiger partial charge < -0.3 is 5.32 Å². The Morgan fingerprint density at radius 1 is 1.14 bits per heavy atom. The van der Waals surface area contributed by atoms with Gasteiger partial charge in [0.25, 0.3) is 5.84 Å². The minimum absolute atomic E-state index is 0.0276. The van der Waals surface area contributed by atoms with Crippen molar-refractivity contribution in [3.63, 3.8) is 0 Å². The number of hydrogen-bond acceptors (Lipinski definition) is 3. The Balaban J connectivity index is 1.54. The largest absolute Gasteiger partial charge is 0.317 e. The summed E-state index contributed by atoms with van der Waals surface area (Å²) in [6.07, 6.45) is 15.4. The molecule has 2 aromatic rings. The maximum atomic E-state index is 14.9. The zero-order valence-electron chi connectivity index (χ0n) is 22.0. The standard InChI is InChI=1S/C31H40FN4/c1-4-5-9-27-14-12-26(22-10-11-22)21-36(27,3)31(33-2)29-15-13-23-7-6-8-25(30(23)35-29)20-24-16-18-34-19-17-28(24)32/h6-9,12-15,21-22,24,28,34H,4-5,10-11,16-20H2,1-3H3/q+1. The minimum atomic E-state index is -0.770. The molecule has 3 unspecified atom stereocenters. The molecule has 5 heteroatoms. The van der Waals surface area contributed by atoms with Crippen LogP contribution in [0.5, 0.6) is 0 Å². The molecular formula is C31H40FN4+. The van der Waals surface area contributed by atoms with E-state index in [1.54, 1.807) is 0 Å². The highest BCUT2D eigenvalue weighted by atomic mass is 19.1. The molecule has 36 heavy (non-hydrogen) atoms. The van der Waals surface area contributed by atoms with E-state index in [0.29, 0.717) is 16.8 Å². The quantitative estimate of drug-likeness (QED) is 0.287. The number of amidine groups is 1. The van der Waals surface area contributed by atoms with Gasteiger partial charge in [-0.1, -0.05) is 37.6 Å². The van der Waals surface area contributed by atoms with Crippen LogP contribution in [0, 0.1) is 11.8 Å². The smallest absolute Gasteiger partial charge is 0.258 e. The molecule has 0 bridgehead atoms. The van der Waals surface area contributed by atoms with Crippen LogP contribution in [0.1, 0.15) is 56.7 Å². The van der Waals surface area contributed by atoms with Gasteiger partial charge >= 0.3 is 0 Å². The maximum absolute atomic E-state index is 14.9. The summed E-state index contributed by atoms with van der Waals surface area (Å²) in [5, 5.41) is 4.45. The summed E-state index contributed by atoms with van der Waals surface area (Å²) in [5.41, 5.74) is 5.65. The molecule has 1 saturated heterocycles. The molecule has 0 radical (unpaired) electrons. The zero-order valence-corrected chi connectivity index (χ0v) is 22.0.